The molecule has 0 bridgehead atoms. The molecule has 1 aromatic carbocycles. The molecule has 0 fully saturated rings. The maximum atomic E-state index is 13.3. The Kier molecular flexibility index (Phi) is 4.22. The van der Waals surface area contributed by atoms with Crippen molar-refractivity contribution in [2.24, 2.45) is 0 Å². The van der Waals surface area contributed by atoms with Crippen molar-refractivity contribution < 1.29 is 9.13 Å². The summed E-state index contributed by atoms with van der Waals surface area (Å²) in [4.78, 5) is 8.24. The molecule has 94 valence electrons. The van der Waals surface area contributed by atoms with Crippen LogP contribution in [0.1, 0.15) is 5.69 Å². The third-order valence-electron chi connectivity index (χ3n) is 2.13. The van der Waals surface area contributed by atoms with E-state index in [0.29, 0.717) is 22.6 Å². The minimum Gasteiger partial charge on any atom is -0.437 e. The van der Waals surface area contributed by atoms with Crippen molar-refractivity contribution in [2.45, 2.75) is 6.54 Å². The molecule has 0 radical (unpaired) electrons. The van der Waals surface area contributed by atoms with Gasteiger partial charge < -0.3 is 10.1 Å². The summed E-state index contributed by atoms with van der Waals surface area (Å²) in [6, 6.07) is 4.52. The van der Waals surface area contributed by atoms with Crippen LogP contribution in [0.4, 0.5) is 4.39 Å². The van der Waals surface area contributed by atoms with Gasteiger partial charge in [-0.15, -0.1) is 0 Å². The Morgan fingerprint density at radius 2 is 2.22 bits per heavy atom. The predicted molar refractivity (Wildman–Crippen MR) is 69.0 cm³/mol. The molecule has 18 heavy (non-hydrogen) atoms. The molecule has 1 heterocycles. The molecule has 0 spiro atoms. The topological polar surface area (TPSA) is 47.0 Å². The summed E-state index contributed by atoms with van der Waals surface area (Å²) >= 11 is 3.08. The van der Waals surface area contributed by atoms with Gasteiger partial charge in [-0.05, 0) is 35.1 Å². The molecule has 0 saturated heterocycles. The zero-order valence-electron chi connectivity index (χ0n) is 9.65. The van der Waals surface area contributed by atoms with E-state index in [-0.39, 0.29) is 5.82 Å². The molecule has 2 rings (SSSR count). The van der Waals surface area contributed by atoms with E-state index in [1.165, 1.54) is 12.3 Å². The molecule has 1 N–H and O–H groups in total. The maximum absolute atomic E-state index is 13.3. The van der Waals surface area contributed by atoms with E-state index < -0.39 is 0 Å². The van der Waals surface area contributed by atoms with Crippen LogP contribution in [0.3, 0.4) is 0 Å². The lowest BCUT2D eigenvalue weighted by Gasteiger charge is -2.06. The van der Waals surface area contributed by atoms with Gasteiger partial charge in [-0.3, -0.25) is 4.98 Å². The van der Waals surface area contributed by atoms with Crippen molar-refractivity contribution in [1.82, 2.24) is 15.3 Å². The van der Waals surface area contributed by atoms with Crippen molar-refractivity contribution in [2.75, 3.05) is 7.05 Å². The highest BCUT2D eigenvalue weighted by molar-refractivity contribution is 9.10. The van der Waals surface area contributed by atoms with E-state index in [0.717, 1.165) is 5.69 Å². The first-order valence-electron chi connectivity index (χ1n) is 5.27. The number of halogens is 2. The van der Waals surface area contributed by atoms with Gasteiger partial charge in [0.25, 0.3) is 0 Å². The summed E-state index contributed by atoms with van der Waals surface area (Å²) in [7, 11) is 1.82. The smallest absolute Gasteiger partial charge is 0.238 e. The number of nitrogens with one attached hydrogen (secondary N) is 1. The molecule has 0 atom stereocenters. The summed E-state index contributed by atoms with van der Waals surface area (Å²) in [6.45, 7) is 0.596. The lowest BCUT2D eigenvalue weighted by molar-refractivity contribution is 0.452. The Balaban J connectivity index is 2.17. The molecule has 2 aromatic rings. The molecule has 4 nitrogen and oxygen atoms in total. The van der Waals surface area contributed by atoms with Crippen LogP contribution in [0.5, 0.6) is 11.6 Å². The largest absolute Gasteiger partial charge is 0.437 e. The molecule has 1 aromatic heterocycles. The lowest BCUT2D eigenvalue weighted by Crippen LogP contribution is -2.07. The van der Waals surface area contributed by atoms with Gasteiger partial charge in [0.1, 0.15) is 11.6 Å². The maximum Gasteiger partial charge on any atom is 0.238 e. The van der Waals surface area contributed by atoms with Crippen LogP contribution in [-0.4, -0.2) is 17.0 Å². The van der Waals surface area contributed by atoms with Crippen molar-refractivity contribution in [1.29, 1.82) is 0 Å². The summed E-state index contributed by atoms with van der Waals surface area (Å²) in [5.74, 6) is 0.336. The number of ether oxygens (including phenoxy) is 1. The normalized spacial score (nSPS) is 10.4. The Morgan fingerprint density at radius 1 is 1.39 bits per heavy atom. The fourth-order valence-corrected chi connectivity index (χ4v) is 1.61. The third kappa shape index (κ3) is 3.24. The highest BCUT2D eigenvalue weighted by Crippen LogP contribution is 2.24. The van der Waals surface area contributed by atoms with E-state index in [1.54, 1.807) is 18.3 Å². The molecule has 0 aliphatic rings. The fraction of sp³-hybridized carbons (Fsp3) is 0.167. The average molecular weight is 312 g/mol. The van der Waals surface area contributed by atoms with Crippen LogP contribution in [-0.2, 0) is 6.54 Å². The van der Waals surface area contributed by atoms with Gasteiger partial charge >= 0.3 is 0 Å². The van der Waals surface area contributed by atoms with Crippen LogP contribution < -0.4 is 10.1 Å². The number of nitrogens with zero attached hydrogens (tertiary/aromatic N) is 2. The van der Waals surface area contributed by atoms with Crippen molar-refractivity contribution in [3.8, 4) is 11.6 Å². The Hall–Kier alpha value is -1.53. The minimum atomic E-state index is -0.383. The monoisotopic (exact) mass is 311 g/mol. The van der Waals surface area contributed by atoms with Crippen molar-refractivity contribution in [3.63, 3.8) is 0 Å². The summed E-state index contributed by atoms with van der Waals surface area (Å²) in [6.07, 6.45) is 3.13. The number of aromatic nitrogens is 2. The van der Waals surface area contributed by atoms with Crippen LogP contribution in [0.25, 0.3) is 0 Å². The number of hydrogen-bond acceptors (Lipinski definition) is 4. The van der Waals surface area contributed by atoms with Crippen molar-refractivity contribution in [3.05, 3.63) is 46.6 Å². The van der Waals surface area contributed by atoms with Gasteiger partial charge in [-0.1, -0.05) is 0 Å². The molecule has 6 heteroatoms. The van der Waals surface area contributed by atoms with Crippen LogP contribution >= 0.6 is 15.9 Å². The molecule has 0 aliphatic carbocycles. The number of benzene rings is 1. The van der Waals surface area contributed by atoms with E-state index in [1.807, 2.05) is 7.05 Å². The Morgan fingerprint density at radius 3 is 2.94 bits per heavy atom. The number of hydrogen-bond donors (Lipinski definition) is 1. The second-order valence-electron chi connectivity index (χ2n) is 3.56. The van der Waals surface area contributed by atoms with Crippen molar-refractivity contribution >= 4 is 15.9 Å². The van der Waals surface area contributed by atoms with E-state index >= 15 is 0 Å². The predicted octanol–water partition coefficient (Wildman–Crippen LogP) is 2.89. The molecule has 0 amide bonds. The second kappa shape index (κ2) is 5.88. The lowest BCUT2D eigenvalue weighted by atomic mass is 10.3. The SMILES string of the molecule is CNCc1cncc(Oc2ccc(Br)c(F)c2)n1. The standard InChI is InChI=1S/C12H11BrFN3O/c1-15-5-8-6-16-7-12(17-8)18-9-2-3-10(13)11(14)4-9/h2-4,6-7,15H,5H2,1H3. The molecule has 0 unspecified atom stereocenters. The molecular weight excluding hydrogens is 301 g/mol. The first-order valence-corrected chi connectivity index (χ1v) is 6.07. The first kappa shape index (κ1) is 12.9. The van der Waals surface area contributed by atoms with Gasteiger partial charge in [-0.25, -0.2) is 9.37 Å². The average Bonchev–Trinajstić information content (AvgIpc) is 2.35. The molecular formula is C12H11BrFN3O. The molecule has 0 aliphatic heterocycles. The second-order valence-corrected chi connectivity index (χ2v) is 4.41. The van der Waals surface area contributed by atoms with Crippen LogP contribution in [0, 0.1) is 5.82 Å². The van der Waals surface area contributed by atoms with Crippen LogP contribution in [0.2, 0.25) is 0 Å². The highest BCUT2D eigenvalue weighted by Gasteiger charge is 2.04. The van der Waals surface area contributed by atoms with Gasteiger partial charge in [0, 0.05) is 18.8 Å². The van der Waals surface area contributed by atoms with E-state index in [9.17, 15) is 4.39 Å². The van der Waals surface area contributed by atoms with E-state index in [4.69, 9.17) is 4.74 Å². The molecule has 0 saturated carbocycles. The van der Waals surface area contributed by atoms with Gasteiger partial charge in [-0.2, -0.15) is 0 Å². The summed E-state index contributed by atoms with van der Waals surface area (Å²) in [5, 5.41) is 2.97. The zero-order valence-corrected chi connectivity index (χ0v) is 11.2. The zero-order chi connectivity index (χ0) is 13.0. The van der Waals surface area contributed by atoms with Crippen LogP contribution in [0.15, 0.2) is 35.1 Å². The van der Waals surface area contributed by atoms with Gasteiger partial charge in [0.15, 0.2) is 0 Å². The highest BCUT2D eigenvalue weighted by atomic mass is 79.9. The first-order chi connectivity index (χ1) is 8.69. The summed E-state index contributed by atoms with van der Waals surface area (Å²) in [5.41, 5.74) is 0.757. The Labute approximate surface area is 112 Å². The Bertz CT molecular complexity index is 551. The van der Waals surface area contributed by atoms with E-state index in [2.05, 4.69) is 31.2 Å². The third-order valence-corrected chi connectivity index (χ3v) is 2.78. The number of rotatable bonds is 4. The summed E-state index contributed by atoms with van der Waals surface area (Å²) < 4.78 is 19.1. The van der Waals surface area contributed by atoms with Gasteiger partial charge in [0.2, 0.25) is 5.88 Å². The quantitative estimate of drug-likeness (QED) is 0.943. The fourth-order valence-electron chi connectivity index (χ4n) is 1.36. The minimum absolute atomic E-state index is 0.337. The van der Waals surface area contributed by atoms with Gasteiger partial charge in [0.05, 0.1) is 16.4 Å².